The summed E-state index contributed by atoms with van der Waals surface area (Å²) in [7, 11) is 0. The highest BCUT2D eigenvalue weighted by Crippen LogP contribution is 2.52. The number of halogens is 4. The maximum Gasteiger partial charge on any atom is 0.490 e. The number of likely N-dealkylation sites (tertiary alicyclic amines) is 1. The van der Waals surface area contributed by atoms with Gasteiger partial charge in [-0.3, -0.25) is 4.90 Å². The number of fused-ring (bicyclic) bond motifs is 5. The van der Waals surface area contributed by atoms with Crippen LogP contribution in [0.5, 0.6) is 5.75 Å². The summed E-state index contributed by atoms with van der Waals surface area (Å²) in [5.74, 6) is -2.19. The lowest BCUT2D eigenvalue weighted by Crippen LogP contribution is -2.35. The maximum atomic E-state index is 13.0. The first kappa shape index (κ1) is 27.8. The third-order valence-corrected chi connectivity index (χ3v) is 7.82. The van der Waals surface area contributed by atoms with E-state index in [2.05, 4.69) is 29.2 Å². The molecule has 7 nitrogen and oxygen atoms in total. The molecule has 1 atom stereocenters. The number of phenolic OH excluding ortho intramolecular Hbond substituents is 1. The first-order chi connectivity index (χ1) is 19.0. The molecule has 3 aromatic rings. The van der Waals surface area contributed by atoms with Gasteiger partial charge in [0, 0.05) is 35.8 Å². The SMILES string of the molecule is O=C(O)C(F)(F)F.O=C1OC2(CN1CC1CCN(Cc3ccc(O)cc3Cl)C1)c1ccccc1-c1ccccc12. The molecule has 11 heteroatoms. The molecule has 40 heavy (non-hydrogen) atoms. The highest BCUT2D eigenvalue weighted by molar-refractivity contribution is 6.31. The van der Waals surface area contributed by atoms with Crippen molar-refractivity contribution in [1.29, 1.82) is 0 Å². The number of carbonyl (C=O) groups excluding carboxylic acids is 1. The number of nitrogens with zero attached hydrogens (tertiary/aromatic N) is 2. The minimum Gasteiger partial charge on any atom is -0.508 e. The zero-order valence-electron chi connectivity index (χ0n) is 21.2. The van der Waals surface area contributed by atoms with Crippen LogP contribution >= 0.6 is 11.6 Å². The molecular weight excluding hydrogens is 549 g/mol. The Hall–Kier alpha value is -3.76. The molecule has 1 amide bonds. The van der Waals surface area contributed by atoms with E-state index in [4.69, 9.17) is 26.2 Å². The van der Waals surface area contributed by atoms with E-state index in [1.54, 1.807) is 12.1 Å². The van der Waals surface area contributed by atoms with Crippen LogP contribution in [0.3, 0.4) is 0 Å². The summed E-state index contributed by atoms with van der Waals surface area (Å²) in [6.45, 7) is 3.83. The molecule has 2 heterocycles. The Kier molecular flexibility index (Phi) is 7.41. The number of aliphatic carboxylic acids is 1. The second kappa shape index (κ2) is 10.7. The number of rotatable bonds is 4. The lowest BCUT2D eigenvalue weighted by atomic mass is 9.91. The lowest BCUT2D eigenvalue weighted by Gasteiger charge is -2.25. The monoisotopic (exact) mass is 574 g/mol. The molecule has 0 saturated carbocycles. The molecular formula is C29H26ClF3N2O5. The normalized spacial score (nSPS) is 19.1. The first-order valence-electron chi connectivity index (χ1n) is 12.6. The zero-order chi connectivity index (χ0) is 28.7. The van der Waals surface area contributed by atoms with Gasteiger partial charge in [0.15, 0.2) is 5.60 Å². The van der Waals surface area contributed by atoms with E-state index in [9.17, 15) is 23.1 Å². The number of carbonyl (C=O) groups is 2. The molecule has 3 aromatic carbocycles. The summed E-state index contributed by atoms with van der Waals surface area (Å²) in [6, 6.07) is 21.7. The van der Waals surface area contributed by atoms with Crippen LogP contribution in [0.4, 0.5) is 18.0 Å². The van der Waals surface area contributed by atoms with Gasteiger partial charge < -0.3 is 19.8 Å². The van der Waals surface area contributed by atoms with Crippen LogP contribution in [-0.4, -0.2) is 64.4 Å². The average Bonchev–Trinajstić information content (AvgIpc) is 3.57. The fourth-order valence-electron chi connectivity index (χ4n) is 5.71. The van der Waals surface area contributed by atoms with Gasteiger partial charge in [0.1, 0.15) is 5.75 Å². The van der Waals surface area contributed by atoms with Crippen LogP contribution in [0.15, 0.2) is 66.7 Å². The van der Waals surface area contributed by atoms with Crippen molar-refractivity contribution in [2.45, 2.75) is 24.7 Å². The highest BCUT2D eigenvalue weighted by atomic mass is 35.5. The summed E-state index contributed by atoms with van der Waals surface area (Å²) in [5, 5.41) is 17.3. The van der Waals surface area contributed by atoms with E-state index >= 15 is 0 Å². The molecule has 0 bridgehead atoms. The highest BCUT2D eigenvalue weighted by Gasteiger charge is 2.53. The van der Waals surface area contributed by atoms with Crippen molar-refractivity contribution in [2.75, 3.05) is 26.2 Å². The van der Waals surface area contributed by atoms with Gasteiger partial charge in [-0.2, -0.15) is 13.2 Å². The third kappa shape index (κ3) is 5.33. The number of alkyl halides is 3. The summed E-state index contributed by atoms with van der Waals surface area (Å²) in [4.78, 5) is 26.2. The number of benzene rings is 3. The molecule has 6 rings (SSSR count). The van der Waals surface area contributed by atoms with Gasteiger partial charge >= 0.3 is 18.2 Å². The van der Waals surface area contributed by atoms with Crippen molar-refractivity contribution in [1.82, 2.24) is 9.80 Å². The predicted molar refractivity (Wildman–Crippen MR) is 141 cm³/mol. The van der Waals surface area contributed by atoms with E-state index in [0.29, 0.717) is 24.0 Å². The van der Waals surface area contributed by atoms with Crippen LogP contribution in [-0.2, 0) is 21.7 Å². The van der Waals surface area contributed by atoms with Gasteiger partial charge in [-0.05, 0) is 47.7 Å². The van der Waals surface area contributed by atoms with Gasteiger partial charge in [0.05, 0.1) is 6.54 Å². The van der Waals surface area contributed by atoms with Crippen LogP contribution in [0, 0.1) is 5.92 Å². The first-order valence-corrected chi connectivity index (χ1v) is 13.0. The molecule has 210 valence electrons. The van der Waals surface area contributed by atoms with Gasteiger partial charge in [-0.15, -0.1) is 0 Å². The second-order valence-corrected chi connectivity index (χ2v) is 10.5. The summed E-state index contributed by atoms with van der Waals surface area (Å²) in [6.07, 6.45) is -4.29. The fraction of sp³-hybridized carbons (Fsp3) is 0.310. The molecule has 1 spiro atoms. The van der Waals surface area contributed by atoms with Crippen LogP contribution in [0.1, 0.15) is 23.1 Å². The number of phenols is 1. The van der Waals surface area contributed by atoms with Gasteiger partial charge in [0.25, 0.3) is 0 Å². The topological polar surface area (TPSA) is 90.3 Å². The Balaban J connectivity index is 0.000000411. The molecule has 1 aliphatic carbocycles. The largest absolute Gasteiger partial charge is 0.508 e. The van der Waals surface area contributed by atoms with E-state index in [0.717, 1.165) is 53.9 Å². The molecule has 0 radical (unpaired) electrons. The second-order valence-electron chi connectivity index (χ2n) is 10.1. The van der Waals surface area contributed by atoms with Crippen molar-refractivity contribution in [3.63, 3.8) is 0 Å². The van der Waals surface area contributed by atoms with E-state index in [1.165, 1.54) is 0 Å². The van der Waals surface area contributed by atoms with Gasteiger partial charge in [-0.1, -0.05) is 66.2 Å². The molecule has 2 fully saturated rings. The van der Waals surface area contributed by atoms with Gasteiger partial charge in [-0.25, -0.2) is 9.59 Å². The lowest BCUT2D eigenvalue weighted by molar-refractivity contribution is -0.192. The van der Waals surface area contributed by atoms with Crippen molar-refractivity contribution < 1.29 is 37.7 Å². The zero-order valence-corrected chi connectivity index (χ0v) is 22.0. The number of hydrogen-bond donors (Lipinski definition) is 2. The Labute approximate surface area is 233 Å². The summed E-state index contributed by atoms with van der Waals surface area (Å²) < 4.78 is 37.9. The standard InChI is InChI=1S/C27H25ClN2O3.C2HF3O2/c28-25-13-20(31)10-9-19(25)16-29-12-11-18(14-29)15-30-17-27(33-26(30)32)23-7-3-1-5-21(23)22-6-2-4-8-24(22)27;3-2(4,5)1(6)7/h1-10,13,18,31H,11-12,14-17H2;(H,6,7). The Bertz CT molecular complexity index is 1400. The number of carboxylic acids is 1. The number of aromatic hydroxyl groups is 1. The van der Waals surface area contributed by atoms with Crippen LogP contribution < -0.4 is 0 Å². The van der Waals surface area contributed by atoms with Crippen molar-refractivity contribution in [2.24, 2.45) is 5.92 Å². The fourth-order valence-corrected chi connectivity index (χ4v) is 5.94. The van der Waals surface area contributed by atoms with E-state index in [1.807, 2.05) is 35.2 Å². The van der Waals surface area contributed by atoms with Crippen LogP contribution in [0.25, 0.3) is 11.1 Å². The number of carboxylic acid groups (broad SMARTS) is 1. The summed E-state index contributed by atoms with van der Waals surface area (Å²) in [5.41, 5.74) is 4.76. The third-order valence-electron chi connectivity index (χ3n) is 7.47. The minimum atomic E-state index is -5.08. The Morgan fingerprint density at radius 1 is 1.05 bits per heavy atom. The Morgan fingerprint density at radius 2 is 1.65 bits per heavy atom. The van der Waals surface area contributed by atoms with Gasteiger partial charge in [0.2, 0.25) is 0 Å². The smallest absolute Gasteiger partial charge is 0.490 e. The number of amides is 1. The van der Waals surface area contributed by atoms with Crippen molar-refractivity contribution >= 4 is 23.7 Å². The molecule has 2 N–H and O–H groups in total. The Morgan fingerprint density at radius 3 is 2.23 bits per heavy atom. The number of hydrogen-bond acceptors (Lipinski definition) is 5. The molecule has 1 unspecified atom stereocenters. The minimum absolute atomic E-state index is 0.180. The quantitative estimate of drug-likeness (QED) is 0.405. The molecule has 0 aromatic heterocycles. The van der Waals surface area contributed by atoms with Crippen molar-refractivity contribution in [3.8, 4) is 16.9 Å². The van der Waals surface area contributed by atoms with Crippen molar-refractivity contribution in [3.05, 3.63) is 88.4 Å². The van der Waals surface area contributed by atoms with E-state index < -0.39 is 17.7 Å². The van der Waals surface area contributed by atoms with Crippen LogP contribution in [0.2, 0.25) is 5.02 Å². The summed E-state index contributed by atoms with van der Waals surface area (Å²) >= 11 is 6.30. The predicted octanol–water partition coefficient (Wildman–Crippen LogP) is 5.88. The molecule has 2 saturated heterocycles. The number of ether oxygens (including phenoxy) is 1. The maximum absolute atomic E-state index is 13.0. The van der Waals surface area contributed by atoms with E-state index in [-0.39, 0.29) is 11.8 Å². The average molecular weight is 575 g/mol. The molecule has 3 aliphatic rings. The molecule has 2 aliphatic heterocycles.